The van der Waals surface area contributed by atoms with Crippen LogP contribution >= 0.6 is 0 Å². The summed E-state index contributed by atoms with van der Waals surface area (Å²) >= 11 is 0. The number of ketones is 1. The lowest BCUT2D eigenvalue weighted by Gasteiger charge is -2.53. The van der Waals surface area contributed by atoms with E-state index >= 15 is 0 Å². The van der Waals surface area contributed by atoms with Crippen LogP contribution in [0.3, 0.4) is 0 Å². The Morgan fingerprint density at radius 3 is 2.40 bits per heavy atom. The second kappa shape index (κ2) is 11.0. The minimum atomic E-state index is -1.66. The smallest absolute Gasteiger partial charge is 0.254 e. The largest absolute Gasteiger partial charge is 0.510 e. The van der Waals surface area contributed by atoms with Gasteiger partial charge in [0.2, 0.25) is 0 Å². The number of amides is 1. The predicted molar refractivity (Wildman–Crippen MR) is 156 cm³/mol. The van der Waals surface area contributed by atoms with E-state index < -0.39 is 29.3 Å². The molecule has 1 aliphatic heterocycles. The van der Waals surface area contributed by atoms with E-state index in [0.717, 1.165) is 31.5 Å². The number of allylic oxidation sites excluding steroid dienone is 1. The number of ether oxygens (including phenoxy) is 3. The van der Waals surface area contributed by atoms with Crippen LogP contribution in [0.1, 0.15) is 47.7 Å². The normalized spacial score (nSPS) is 28.5. The Kier molecular flexibility index (Phi) is 7.88. The van der Waals surface area contributed by atoms with Crippen molar-refractivity contribution in [3.63, 3.8) is 0 Å². The molecule has 42 heavy (non-hydrogen) atoms. The van der Waals surface area contributed by atoms with Gasteiger partial charge in [-0.2, -0.15) is 0 Å². The number of nitrogens with two attached hydrogens (primary N) is 1. The number of carbonyl (C=O) groups excluding carboxylic acids is 2. The van der Waals surface area contributed by atoms with Crippen LogP contribution in [-0.4, -0.2) is 97.6 Å². The molecule has 0 aromatic heterocycles. The zero-order valence-corrected chi connectivity index (χ0v) is 25.2. The SMILES string of the molecule is COC1=C2C(=O)c3c(O)cc(CN4CCC(C)CC4)c(OC)c3C[C@H]2C[C@H]2[C@H](N(C)C)C(O)=C(C(N)=O)C(=N)[C@@]12OC. The number of benzene rings is 1. The molecule has 3 aliphatic carbocycles. The van der Waals surface area contributed by atoms with E-state index in [4.69, 9.17) is 25.4 Å². The van der Waals surface area contributed by atoms with Crippen LogP contribution in [0.25, 0.3) is 0 Å². The van der Waals surface area contributed by atoms with Crippen LogP contribution < -0.4 is 10.5 Å². The number of phenolic OH excluding ortho intramolecular Hbond substituents is 1. The Balaban J connectivity index is 1.67. The third-order valence-electron chi connectivity index (χ3n) is 9.75. The topological polar surface area (TPSA) is 159 Å². The molecule has 1 fully saturated rings. The molecule has 1 heterocycles. The third kappa shape index (κ3) is 4.32. The molecule has 0 spiro atoms. The molecule has 0 unspecified atom stereocenters. The minimum Gasteiger partial charge on any atom is -0.510 e. The van der Waals surface area contributed by atoms with Crippen LogP contribution in [0.4, 0.5) is 0 Å². The molecule has 4 aliphatic rings. The Morgan fingerprint density at radius 1 is 1.19 bits per heavy atom. The van der Waals surface area contributed by atoms with Crippen molar-refractivity contribution in [1.29, 1.82) is 5.41 Å². The van der Waals surface area contributed by atoms with E-state index in [1.165, 1.54) is 14.2 Å². The summed E-state index contributed by atoms with van der Waals surface area (Å²) in [6, 6.07) is 0.878. The zero-order chi connectivity index (χ0) is 30.7. The number of likely N-dealkylation sites (N-methyl/N-ethyl adjacent to an activating group) is 1. The molecule has 11 nitrogen and oxygen atoms in total. The highest BCUT2D eigenvalue weighted by molar-refractivity contribution is 6.26. The number of Topliss-reactive ketones (excluding diaryl/α,β-unsaturated/α-hetero) is 1. The van der Waals surface area contributed by atoms with E-state index in [9.17, 15) is 19.8 Å². The first-order valence-corrected chi connectivity index (χ1v) is 14.4. The molecule has 5 rings (SSSR count). The molecule has 0 saturated carbocycles. The quantitative estimate of drug-likeness (QED) is 0.379. The number of phenols is 1. The number of primary amides is 1. The van der Waals surface area contributed by atoms with Gasteiger partial charge < -0.3 is 35.6 Å². The Bertz CT molecular complexity index is 1390. The van der Waals surface area contributed by atoms with Gasteiger partial charge in [-0.3, -0.25) is 19.4 Å². The number of likely N-dealkylation sites (tertiary alicyclic amines) is 1. The monoisotopic (exact) mass is 582 g/mol. The molecule has 11 heteroatoms. The lowest BCUT2D eigenvalue weighted by molar-refractivity contribution is -0.115. The second-order valence-corrected chi connectivity index (χ2v) is 12.3. The Hall–Kier alpha value is -3.41. The van der Waals surface area contributed by atoms with E-state index in [0.29, 0.717) is 36.6 Å². The molecule has 5 N–H and O–H groups in total. The van der Waals surface area contributed by atoms with E-state index in [1.807, 2.05) is 0 Å². The van der Waals surface area contributed by atoms with Gasteiger partial charge in [-0.15, -0.1) is 0 Å². The fraction of sp³-hybridized carbons (Fsp3) is 0.581. The van der Waals surface area contributed by atoms with Crippen LogP contribution in [0.2, 0.25) is 0 Å². The number of methoxy groups -OCH3 is 3. The van der Waals surface area contributed by atoms with Gasteiger partial charge in [0.25, 0.3) is 5.91 Å². The van der Waals surface area contributed by atoms with Crippen molar-refractivity contribution in [2.45, 2.75) is 50.8 Å². The van der Waals surface area contributed by atoms with Gasteiger partial charge in [0.1, 0.15) is 28.6 Å². The zero-order valence-electron chi connectivity index (χ0n) is 25.2. The first-order valence-electron chi connectivity index (χ1n) is 14.4. The van der Waals surface area contributed by atoms with Gasteiger partial charge in [0.05, 0.1) is 31.5 Å². The van der Waals surface area contributed by atoms with Gasteiger partial charge in [0.15, 0.2) is 11.4 Å². The number of piperidine rings is 1. The summed E-state index contributed by atoms with van der Waals surface area (Å²) in [6.07, 6.45) is 2.93. The van der Waals surface area contributed by atoms with Gasteiger partial charge in [-0.1, -0.05) is 6.92 Å². The number of nitrogens with one attached hydrogen (secondary N) is 1. The minimum absolute atomic E-state index is 0.0925. The van der Waals surface area contributed by atoms with Crippen molar-refractivity contribution in [1.82, 2.24) is 9.80 Å². The Labute approximate surface area is 246 Å². The van der Waals surface area contributed by atoms with E-state index in [-0.39, 0.29) is 45.6 Å². The van der Waals surface area contributed by atoms with E-state index in [1.54, 1.807) is 32.2 Å². The molecule has 1 amide bonds. The first kappa shape index (κ1) is 30.1. The molecule has 228 valence electrons. The van der Waals surface area contributed by atoms with Crippen molar-refractivity contribution in [2.75, 3.05) is 48.5 Å². The summed E-state index contributed by atoms with van der Waals surface area (Å²) in [6.45, 7) is 4.77. The molecule has 4 atom stereocenters. The number of aliphatic hydroxyl groups excluding tert-OH is 1. The number of fused-ring (bicyclic) bond motifs is 3. The first-order chi connectivity index (χ1) is 19.9. The fourth-order valence-corrected chi connectivity index (χ4v) is 7.81. The highest BCUT2D eigenvalue weighted by atomic mass is 16.5. The van der Waals surface area contributed by atoms with Gasteiger partial charge >= 0.3 is 0 Å². The lowest BCUT2D eigenvalue weighted by atomic mass is 9.58. The number of aliphatic hydroxyl groups is 1. The molecular weight excluding hydrogens is 540 g/mol. The molecule has 1 aromatic carbocycles. The van der Waals surface area contributed by atoms with Gasteiger partial charge in [-0.25, -0.2) is 0 Å². The molecule has 1 aromatic rings. The standard InChI is InChI=1S/C31H42N4O7/c1-15-7-9-35(10-8-15)14-17-13-20(36)22-18(27(17)40-4)11-16-12-19-24(34(2)3)26(38)23(30(33)39)28(32)31(19,42-6)29(41-5)21(16)25(22)37/h13,15-16,19,24,32,36,38H,7-12,14H2,1-6H3,(H2,33,39)/t16-,19-,24-,31+/m0/s1. The summed E-state index contributed by atoms with van der Waals surface area (Å²) in [5.74, 6) is -1.45. The number of hydrogen-bond donors (Lipinski definition) is 4. The Morgan fingerprint density at radius 2 is 1.86 bits per heavy atom. The van der Waals surface area contributed by atoms with E-state index in [2.05, 4.69) is 11.8 Å². The summed E-state index contributed by atoms with van der Waals surface area (Å²) in [5, 5.41) is 31.6. The van der Waals surface area contributed by atoms with Crippen molar-refractivity contribution in [2.24, 2.45) is 23.5 Å². The summed E-state index contributed by atoms with van der Waals surface area (Å²) in [7, 11) is 7.90. The molecule has 0 radical (unpaired) electrons. The third-order valence-corrected chi connectivity index (χ3v) is 9.75. The van der Waals surface area contributed by atoms with Crippen LogP contribution in [0.15, 0.2) is 28.7 Å². The predicted octanol–water partition coefficient (Wildman–Crippen LogP) is 2.55. The lowest BCUT2D eigenvalue weighted by Crippen LogP contribution is -2.64. The number of aromatic hydroxyl groups is 1. The summed E-state index contributed by atoms with van der Waals surface area (Å²) < 4.78 is 17.9. The fourth-order valence-electron chi connectivity index (χ4n) is 7.81. The maximum atomic E-state index is 14.3. The van der Waals surface area contributed by atoms with Crippen molar-refractivity contribution in [3.8, 4) is 11.5 Å². The van der Waals surface area contributed by atoms with Gasteiger partial charge in [-0.05, 0) is 70.8 Å². The average Bonchev–Trinajstić information content (AvgIpc) is 2.93. The van der Waals surface area contributed by atoms with Gasteiger partial charge in [0, 0.05) is 36.3 Å². The van der Waals surface area contributed by atoms with Crippen LogP contribution in [0.5, 0.6) is 11.5 Å². The van der Waals surface area contributed by atoms with Crippen molar-refractivity contribution < 1.29 is 34.0 Å². The average molecular weight is 583 g/mol. The molecular formula is C31H42N4O7. The highest BCUT2D eigenvalue weighted by Crippen LogP contribution is 2.55. The van der Waals surface area contributed by atoms with Crippen molar-refractivity contribution in [3.05, 3.63) is 45.4 Å². The summed E-state index contributed by atoms with van der Waals surface area (Å²) in [4.78, 5) is 30.9. The summed E-state index contributed by atoms with van der Waals surface area (Å²) in [5.41, 5.74) is 5.17. The van der Waals surface area contributed by atoms with Crippen LogP contribution in [0, 0.1) is 23.2 Å². The number of hydrogen-bond acceptors (Lipinski definition) is 10. The van der Waals surface area contributed by atoms with Crippen molar-refractivity contribution >= 4 is 17.4 Å². The highest BCUT2D eigenvalue weighted by Gasteiger charge is 2.63. The maximum Gasteiger partial charge on any atom is 0.254 e. The molecule has 1 saturated heterocycles. The number of nitrogens with zero attached hydrogens (tertiary/aromatic N) is 2. The number of rotatable bonds is 7. The van der Waals surface area contributed by atoms with Crippen LogP contribution in [-0.2, 0) is 27.2 Å². The second-order valence-electron chi connectivity index (χ2n) is 12.3. The number of carbonyl (C=O) groups is 2. The maximum absolute atomic E-state index is 14.3. The molecule has 0 bridgehead atoms.